The van der Waals surface area contributed by atoms with Crippen molar-refractivity contribution < 1.29 is 4.39 Å². The van der Waals surface area contributed by atoms with Gasteiger partial charge in [0.25, 0.3) is 0 Å². The monoisotopic (exact) mass is 313 g/mol. The Kier molecular flexibility index (Phi) is 5.70. The minimum absolute atomic E-state index is 0.175. The lowest BCUT2D eigenvalue weighted by Crippen LogP contribution is -2.21. The molecule has 2 saturated carbocycles. The summed E-state index contributed by atoms with van der Waals surface area (Å²) in [5, 5.41) is 8.97. The van der Waals surface area contributed by atoms with E-state index in [0.717, 1.165) is 11.5 Å². The SMILES string of the molecule is N#Cc1ccc(C(CC2CCCCC2)C2CCCCC2)cc1F. The molecule has 0 radical (unpaired) electrons. The fraction of sp³-hybridized carbons (Fsp3) is 0.667. The number of benzene rings is 1. The first-order valence-electron chi connectivity index (χ1n) is 9.47. The average Bonchev–Trinajstić information content (AvgIpc) is 2.61. The minimum Gasteiger partial charge on any atom is -0.206 e. The van der Waals surface area contributed by atoms with Crippen LogP contribution in [0.25, 0.3) is 0 Å². The van der Waals surface area contributed by atoms with Gasteiger partial charge in [0.05, 0.1) is 5.56 Å². The maximum Gasteiger partial charge on any atom is 0.141 e. The maximum atomic E-state index is 14.1. The molecule has 1 atom stereocenters. The van der Waals surface area contributed by atoms with Gasteiger partial charge in [-0.1, -0.05) is 57.4 Å². The number of halogens is 1. The Balaban J connectivity index is 1.81. The second-order valence-electron chi connectivity index (χ2n) is 7.60. The molecule has 0 bridgehead atoms. The summed E-state index contributed by atoms with van der Waals surface area (Å²) in [6, 6.07) is 7.30. The highest BCUT2D eigenvalue weighted by molar-refractivity contribution is 5.35. The lowest BCUT2D eigenvalue weighted by molar-refractivity contribution is 0.240. The lowest BCUT2D eigenvalue weighted by atomic mass is 9.71. The number of nitrogens with zero attached hydrogens (tertiary/aromatic N) is 1. The Morgan fingerprint density at radius 2 is 1.65 bits per heavy atom. The second kappa shape index (κ2) is 7.95. The molecule has 2 aliphatic rings. The number of hydrogen-bond donors (Lipinski definition) is 0. The van der Waals surface area contributed by atoms with Gasteiger partial charge < -0.3 is 0 Å². The molecule has 3 rings (SSSR count). The third kappa shape index (κ3) is 4.14. The first-order chi connectivity index (χ1) is 11.3. The van der Waals surface area contributed by atoms with Crippen LogP contribution in [0.5, 0.6) is 0 Å². The van der Waals surface area contributed by atoms with Gasteiger partial charge in [0.15, 0.2) is 0 Å². The van der Waals surface area contributed by atoms with E-state index in [-0.39, 0.29) is 11.4 Å². The van der Waals surface area contributed by atoms with Gasteiger partial charge in [0, 0.05) is 0 Å². The molecule has 2 fully saturated rings. The van der Waals surface area contributed by atoms with Gasteiger partial charge >= 0.3 is 0 Å². The molecular formula is C21H28FN. The van der Waals surface area contributed by atoms with Gasteiger partial charge in [-0.15, -0.1) is 0 Å². The zero-order valence-electron chi connectivity index (χ0n) is 14.1. The van der Waals surface area contributed by atoms with E-state index in [1.807, 2.05) is 12.1 Å². The van der Waals surface area contributed by atoms with Crippen LogP contribution < -0.4 is 0 Å². The highest BCUT2D eigenvalue weighted by Gasteiger charge is 2.28. The van der Waals surface area contributed by atoms with E-state index in [1.54, 1.807) is 12.1 Å². The summed E-state index contributed by atoms with van der Waals surface area (Å²) in [6.07, 6.45) is 14.6. The van der Waals surface area contributed by atoms with Crippen molar-refractivity contribution in [3.8, 4) is 6.07 Å². The van der Waals surface area contributed by atoms with Crippen LogP contribution >= 0.6 is 0 Å². The molecule has 0 aromatic heterocycles. The highest BCUT2D eigenvalue weighted by Crippen LogP contribution is 2.42. The van der Waals surface area contributed by atoms with Crippen molar-refractivity contribution in [1.82, 2.24) is 0 Å². The predicted molar refractivity (Wildman–Crippen MR) is 91.6 cm³/mol. The fourth-order valence-corrected chi connectivity index (χ4v) is 4.77. The molecule has 0 aliphatic heterocycles. The van der Waals surface area contributed by atoms with E-state index in [0.29, 0.717) is 11.8 Å². The van der Waals surface area contributed by atoms with Gasteiger partial charge in [-0.3, -0.25) is 0 Å². The van der Waals surface area contributed by atoms with Gasteiger partial charge in [-0.2, -0.15) is 5.26 Å². The maximum absolute atomic E-state index is 14.1. The predicted octanol–water partition coefficient (Wildman–Crippen LogP) is 6.33. The average molecular weight is 313 g/mol. The van der Waals surface area contributed by atoms with Crippen LogP contribution in [0.4, 0.5) is 4.39 Å². The topological polar surface area (TPSA) is 23.8 Å². The third-order valence-corrected chi connectivity index (χ3v) is 6.07. The Morgan fingerprint density at radius 1 is 1.00 bits per heavy atom. The standard InChI is InChI=1S/C21H28FN/c22-21-14-18(11-12-19(21)15-23)20(17-9-5-2-6-10-17)13-16-7-3-1-4-8-16/h11-12,14,16-17,20H,1-10,13H2. The Morgan fingerprint density at radius 3 is 2.26 bits per heavy atom. The summed E-state index contributed by atoms with van der Waals surface area (Å²) < 4.78 is 14.1. The summed E-state index contributed by atoms with van der Waals surface area (Å²) in [4.78, 5) is 0. The molecule has 0 saturated heterocycles. The van der Waals surface area contributed by atoms with E-state index < -0.39 is 0 Å². The Hall–Kier alpha value is -1.36. The van der Waals surface area contributed by atoms with E-state index in [2.05, 4.69) is 0 Å². The molecule has 124 valence electrons. The first kappa shape index (κ1) is 16.5. The van der Waals surface area contributed by atoms with Crippen LogP contribution in [-0.2, 0) is 0 Å². The molecule has 2 heteroatoms. The van der Waals surface area contributed by atoms with Crippen LogP contribution in [-0.4, -0.2) is 0 Å². The molecule has 1 nitrogen and oxygen atoms in total. The molecule has 1 aromatic carbocycles. The molecule has 2 aliphatic carbocycles. The van der Waals surface area contributed by atoms with E-state index >= 15 is 0 Å². The number of rotatable bonds is 4. The molecule has 23 heavy (non-hydrogen) atoms. The molecule has 0 amide bonds. The fourth-order valence-electron chi connectivity index (χ4n) is 4.77. The number of nitriles is 1. The van der Waals surface area contributed by atoms with Crippen LogP contribution in [0, 0.1) is 29.0 Å². The molecule has 0 spiro atoms. The Labute approximate surface area is 139 Å². The second-order valence-corrected chi connectivity index (χ2v) is 7.60. The summed E-state index contributed by atoms with van der Waals surface area (Å²) in [5.41, 5.74) is 1.31. The largest absolute Gasteiger partial charge is 0.206 e. The molecule has 1 aromatic rings. The van der Waals surface area contributed by atoms with Crippen LogP contribution in [0.3, 0.4) is 0 Å². The van der Waals surface area contributed by atoms with E-state index in [4.69, 9.17) is 5.26 Å². The molecule has 1 unspecified atom stereocenters. The zero-order chi connectivity index (χ0) is 16.1. The highest BCUT2D eigenvalue weighted by atomic mass is 19.1. The van der Waals surface area contributed by atoms with Crippen molar-refractivity contribution in [2.24, 2.45) is 11.8 Å². The Bertz CT molecular complexity index is 547. The lowest BCUT2D eigenvalue weighted by Gasteiger charge is -2.34. The summed E-state index contributed by atoms with van der Waals surface area (Å²) in [6.45, 7) is 0. The van der Waals surface area contributed by atoms with E-state index in [9.17, 15) is 4.39 Å². The normalized spacial score (nSPS) is 21.7. The van der Waals surface area contributed by atoms with Gasteiger partial charge in [-0.05, 0) is 54.7 Å². The number of hydrogen-bond acceptors (Lipinski definition) is 1. The van der Waals surface area contributed by atoms with Crippen LogP contribution in [0.1, 0.15) is 87.7 Å². The van der Waals surface area contributed by atoms with E-state index in [1.165, 1.54) is 70.6 Å². The zero-order valence-corrected chi connectivity index (χ0v) is 14.1. The van der Waals surface area contributed by atoms with Crippen LogP contribution in [0.15, 0.2) is 18.2 Å². The van der Waals surface area contributed by atoms with Crippen molar-refractivity contribution in [2.45, 2.75) is 76.5 Å². The summed E-state index contributed by atoms with van der Waals surface area (Å²) in [5.74, 6) is 1.67. The quantitative estimate of drug-likeness (QED) is 0.637. The van der Waals surface area contributed by atoms with Gasteiger partial charge in [0.1, 0.15) is 11.9 Å². The third-order valence-electron chi connectivity index (χ3n) is 6.07. The van der Waals surface area contributed by atoms with Crippen molar-refractivity contribution in [2.75, 3.05) is 0 Å². The van der Waals surface area contributed by atoms with Gasteiger partial charge in [0.2, 0.25) is 0 Å². The van der Waals surface area contributed by atoms with Crippen molar-refractivity contribution in [1.29, 1.82) is 5.26 Å². The smallest absolute Gasteiger partial charge is 0.141 e. The first-order valence-corrected chi connectivity index (χ1v) is 9.47. The molecule has 0 heterocycles. The summed E-state index contributed by atoms with van der Waals surface area (Å²) in [7, 11) is 0. The molecular weight excluding hydrogens is 285 g/mol. The molecule has 0 N–H and O–H groups in total. The van der Waals surface area contributed by atoms with Crippen LogP contribution in [0.2, 0.25) is 0 Å². The minimum atomic E-state index is -0.338. The summed E-state index contributed by atoms with van der Waals surface area (Å²) >= 11 is 0. The van der Waals surface area contributed by atoms with Crippen molar-refractivity contribution >= 4 is 0 Å². The van der Waals surface area contributed by atoms with Crippen molar-refractivity contribution in [3.05, 3.63) is 35.1 Å². The van der Waals surface area contributed by atoms with Crippen molar-refractivity contribution in [3.63, 3.8) is 0 Å². The van der Waals surface area contributed by atoms with Gasteiger partial charge in [-0.25, -0.2) is 4.39 Å².